The lowest BCUT2D eigenvalue weighted by molar-refractivity contribution is 0.100. The smallest absolute Gasteiger partial charge is 0.409 e. The van der Waals surface area contributed by atoms with Gasteiger partial charge in [0.05, 0.1) is 25.5 Å². The third-order valence-electron chi connectivity index (χ3n) is 5.13. The molecule has 1 amide bonds. The number of aromatic nitrogens is 4. The summed E-state index contributed by atoms with van der Waals surface area (Å²) in [6.45, 7) is 6.98. The van der Waals surface area contributed by atoms with Crippen molar-refractivity contribution in [3.8, 4) is 17.0 Å². The zero-order chi connectivity index (χ0) is 21.1. The molecule has 1 fully saturated rings. The fourth-order valence-electron chi connectivity index (χ4n) is 3.52. The Morgan fingerprint density at radius 2 is 1.90 bits per heavy atom. The number of hydrogen-bond donors (Lipinski definition) is 0. The van der Waals surface area contributed by atoms with Gasteiger partial charge in [-0.3, -0.25) is 0 Å². The van der Waals surface area contributed by atoms with Crippen LogP contribution in [0.4, 0.5) is 10.6 Å². The van der Waals surface area contributed by atoms with E-state index in [1.807, 2.05) is 38.2 Å². The summed E-state index contributed by atoms with van der Waals surface area (Å²) < 4.78 is 12.5. The van der Waals surface area contributed by atoms with Crippen LogP contribution in [-0.2, 0) is 4.74 Å². The molecular weight excluding hydrogens is 384 g/mol. The first kappa shape index (κ1) is 19.9. The summed E-state index contributed by atoms with van der Waals surface area (Å²) in [4.78, 5) is 25.3. The van der Waals surface area contributed by atoms with E-state index < -0.39 is 0 Å². The van der Waals surface area contributed by atoms with Gasteiger partial charge in [-0.2, -0.15) is 5.10 Å². The summed E-state index contributed by atoms with van der Waals surface area (Å²) in [5.41, 5.74) is 3.34. The summed E-state index contributed by atoms with van der Waals surface area (Å²) in [5.74, 6) is 1.40. The lowest BCUT2D eigenvalue weighted by atomic mass is 10.1. The van der Waals surface area contributed by atoms with Crippen LogP contribution in [0.5, 0.6) is 5.88 Å². The highest BCUT2D eigenvalue weighted by atomic mass is 16.6. The highest BCUT2D eigenvalue weighted by Gasteiger charge is 2.23. The number of piperazine rings is 1. The molecule has 3 aromatic rings. The van der Waals surface area contributed by atoms with Crippen molar-refractivity contribution in [2.24, 2.45) is 0 Å². The summed E-state index contributed by atoms with van der Waals surface area (Å²) in [7, 11) is 1.61. The predicted octanol–water partition coefficient (Wildman–Crippen LogP) is 2.78. The standard InChI is InChI=1S/C21H26N6O3/c1-4-13-30-21(28)26-11-9-25(10-12-26)18-7-8-27-19(24-18)17(14-22-27)16-6-5-15(2)23-20(16)29-3/h5-8,14H,4,9-13H2,1-3H3. The van der Waals surface area contributed by atoms with E-state index in [1.165, 1.54) is 0 Å². The van der Waals surface area contributed by atoms with Gasteiger partial charge >= 0.3 is 6.09 Å². The molecule has 0 N–H and O–H groups in total. The summed E-state index contributed by atoms with van der Waals surface area (Å²) >= 11 is 0. The zero-order valence-corrected chi connectivity index (χ0v) is 17.5. The van der Waals surface area contributed by atoms with E-state index in [2.05, 4.69) is 15.0 Å². The molecule has 0 aromatic carbocycles. The van der Waals surface area contributed by atoms with Crippen LogP contribution in [0.15, 0.2) is 30.6 Å². The van der Waals surface area contributed by atoms with E-state index in [-0.39, 0.29) is 6.09 Å². The number of nitrogens with zero attached hydrogens (tertiary/aromatic N) is 6. The van der Waals surface area contributed by atoms with Crippen LogP contribution in [0.25, 0.3) is 16.8 Å². The molecule has 1 saturated heterocycles. The fourth-order valence-corrected chi connectivity index (χ4v) is 3.52. The molecule has 0 bridgehead atoms. The van der Waals surface area contributed by atoms with E-state index in [9.17, 15) is 4.79 Å². The average molecular weight is 410 g/mol. The Morgan fingerprint density at radius 1 is 1.10 bits per heavy atom. The number of rotatable bonds is 5. The lowest BCUT2D eigenvalue weighted by Gasteiger charge is -2.34. The molecular formula is C21H26N6O3. The van der Waals surface area contributed by atoms with Crippen molar-refractivity contribution < 1.29 is 14.3 Å². The van der Waals surface area contributed by atoms with Crippen molar-refractivity contribution in [3.05, 3.63) is 36.3 Å². The van der Waals surface area contributed by atoms with Gasteiger partial charge in [-0.05, 0) is 31.5 Å². The Bertz CT molecular complexity index is 1040. The Morgan fingerprint density at radius 3 is 2.63 bits per heavy atom. The number of carbonyl (C=O) groups excluding carboxylic acids is 1. The number of ether oxygens (including phenoxy) is 2. The maximum atomic E-state index is 12.1. The minimum absolute atomic E-state index is 0.239. The van der Waals surface area contributed by atoms with Crippen molar-refractivity contribution in [2.75, 3.05) is 44.8 Å². The minimum atomic E-state index is -0.239. The number of methoxy groups -OCH3 is 1. The molecule has 0 radical (unpaired) electrons. The third-order valence-corrected chi connectivity index (χ3v) is 5.13. The van der Waals surface area contributed by atoms with Crippen molar-refractivity contribution in [3.63, 3.8) is 0 Å². The van der Waals surface area contributed by atoms with Crippen LogP contribution in [0.3, 0.4) is 0 Å². The van der Waals surface area contributed by atoms with E-state index >= 15 is 0 Å². The number of fused-ring (bicyclic) bond motifs is 1. The van der Waals surface area contributed by atoms with Crippen LogP contribution in [0.2, 0.25) is 0 Å². The quantitative estimate of drug-likeness (QED) is 0.639. The Hall–Kier alpha value is -3.36. The fraction of sp³-hybridized carbons (Fsp3) is 0.429. The maximum absolute atomic E-state index is 12.1. The van der Waals surface area contributed by atoms with Crippen LogP contribution in [-0.4, -0.2) is 70.5 Å². The predicted molar refractivity (Wildman–Crippen MR) is 113 cm³/mol. The first-order valence-corrected chi connectivity index (χ1v) is 10.1. The van der Waals surface area contributed by atoms with E-state index in [1.54, 1.807) is 22.7 Å². The van der Waals surface area contributed by atoms with E-state index in [0.717, 1.165) is 34.7 Å². The van der Waals surface area contributed by atoms with Crippen molar-refractivity contribution in [1.82, 2.24) is 24.5 Å². The van der Waals surface area contributed by atoms with Crippen LogP contribution >= 0.6 is 0 Å². The number of carbonyl (C=O) groups is 1. The minimum Gasteiger partial charge on any atom is -0.481 e. The molecule has 0 atom stereocenters. The molecule has 9 nitrogen and oxygen atoms in total. The first-order chi connectivity index (χ1) is 14.6. The molecule has 0 saturated carbocycles. The molecule has 1 aliphatic heterocycles. The topological polar surface area (TPSA) is 85.1 Å². The van der Waals surface area contributed by atoms with Gasteiger partial charge in [0.1, 0.15) is 5.82 Å². The zero-order valence-electron chi connectivity index (χ0n) is 17.5. The Balaban J connectivity index is 1.56. The average Bonchev–Trinajstić information content (AvgIpc) is 3.20. The molecule has 1 aliphatic rings. The van der Waals surface area contributed by atoms with Crippen molar-refractivity contribution in [1.29, 1.82) is 0 Å². The van der Waals surface area contributed by atoms with Gasteiger partial charge in [-0.15, -0.1) is 0 Å². The molecule has 9 heteroatoms. The van der Waals surface area contributed by atoms with Crippen LogP contribution < -0.4 is 9.64 Å². The second-order valence-electron chi connectivity index (χ2n) is 7.21. The first-order valence-electron chi connectivity index (χ1n) is 10.1. The third kappa shape index (κ3) is 3.87. The molecule has 0 aliphatic carbocycles. The van der Waals surface area contributed by atoms with Gasteiger partial charge < -0.3 is 19.3 Å². The largest absolute Gasteiger partial charge is 0.481 e. The molecule has 0 spiro atoms. The van der Waals surface area contributed by atoms with Gasteiger partial charge in [-0.1, -0.05) is 6.92 Å². The highest BCUT2D eigenvalue weighted by molar-refractivity contribution is 5.80. The second-order valence-corrected chi connectivity index (χ2v) is 7.21. The molecule has 158 valence electrons. The van der Waals surface area contributed by atoms with Crippen LogP contribution in [0, 0.1) is 6.92 Å². The van der Waals surface area contributed by atoms with Gasteiger partial charge in [0.2, 0.25) is 5.88 Å². The van der Waals surface area contributed by atoms with Gasteiger partial charge in [0, 0.05) is 43.6 Å². The summed E-state index contributed by atoms with van der Waals surface area (Å²) in [5, 5.41) is 4.43. The Kier molecular flexibility index (Phi) is 5.69. The molecule has 30 heavy (non-hydrogen) atoms. The molecule has 3 aromatic heterocycles. The summed E-state index contributed by atoms with van der Waals surface area (Å²) in [6.07, 6.45) is 4.27. The lowest BCUT2D eigenvalue weighted by Crippen LogP contribution is -2.49. The van der Waals surface area contributed by atoms with Crippen molar-refractivity contribution >= 4 is 17.6 Å². The number of amides is 1. The second kappa shape index (κ2) is 8.56. The molecule has 4 heterocycles. The SMILES string of the molecule is CCCOC(=O)N1CCN(c2ccn3ncc(-c4ccc(C)nc4OC)c3n2)CC1. The highest BCUT2D eigenvalue weighted by Crippen LogP contribution is 2.31. The summed E-state index contributed by atoms with van der Waals surface area (Å²) in [6, 6.07) is 5.87. The van der Waals surface area contributed by atoms with Gasteiger partial charge in [0.25, 0.3) is 0 Å². The van der Waals surface area contributed by atoms with E-state index in [4.69, 9.17) is 14.5 Å². The number of pyridine rings is 1. The maximum Gasteiger partial charge on any atom is 0.409 e. The number of anilines is 1. The van der Waals surface area contributed by atoms with Crippen LogP contribution in [0.1, 0.15) is 19.0 Å². The Labute approximate surface area is 175 Å². The van der Waals surface area contributed by atoms with Gasteiger partial charge in [0.15, 0.2) is 5.65 Å². The van der Waals surface area contributed by atoms with Crippen molar-refractivity contribution in [2.45, 2.75) is 20.3 Å². The monoisotopic (exact) mass is 410 g/mol. The number of hydrogen-bond acceptors (Lipinski definition) is 7. The van der Waals surface area contributed by atoms with Gasteiger partial charge in [-0.25, -0.2) is 19.3 Å². The van der Waals surface area contributed by atoms with E-state index in [0.29, 0.717) is 38.7 Å². The number of aryl methyl sites for hydroxylation is 1. The normalized spacial score (nSPS) is 14.2. The molecule has 4 rings (SSSR count). The molecule has 0 unspecified atom stereocenters.